The summed E-state index contributed by atoms with van der Waals surface area (Å²) >= 11 is 0. The van der Waals surface area contributed by atoms with Gasteiger partial charge in [-0.15, -0.1) is 0 Å². The van der Waals surface area contributed by atoms with Gasteiger partial charge in [0.25, 0.3) is 0 Å². The van der Waals surface area contributed by atoms with Crippen LogP contribution in [0, 0.1) is 6.92 Å². The Bertz CT molecular complexity index is 858. The van der Waals surface area contributed by atoms with E-state index in [-0.39, 0.29) is 0 Å². The number of hydrogen-bond acceptors (Lipinski definition) is 3. The predicted octanol–water partition coefficient (Wildman–Crippen LogP) is 6.25. The quantitative estimate of drug-likeness (QED) is 0.565. The molecule has 0 aliphatic heterocycles. The van der Waals surface area contributed by atoms with Crippen LogP contribution in [0.4, 0.5) is 0 Å². The number of aryl methyl sites for hydroxylation is 1. The smallest absolute Gasteiger partial charge is 0.227 e. The molecule has 2 aromatic carbocycles. The van der Waals surface area contributed by atoms with Crippen LogP contribution in [0.25, 0.3) is 22.6 Å². The van der Waals surface area contributed by atoms with Crippen molar-refractivity contribution >= 4 is 11.1 Å². The fourth-order valence-corrected chi connectivity index (χ4v) is 3.80. The van der Waals surface area contributed by atoms with E-state index in [1.807, 2.05) is 13.0 Å². The molecular formula is C22H25NO2. The Labute approximate surface area is 149 Å². The van der Waals surface area contributed by atoms with E-state index in [4.69, 9.17) is 14.1 Å². The van der Waals surface area contributed by atoms with Crippen molar-refractivity contribution in [2.24, 2.45) is 0 Å². The highest BCUT2D eigenvalue weighted by Gasteiger charge is 2.21. The summed E-state index contributed by atoms with van der Waals surface area (Å²) in [4.78, 5) is 4.75. The van der Waals surface area contributed by atoms with Gasteiger partial charge in [-0.25, -0.2) is 4.98 Å². The molecule has 3 aromatic rings. The molecule has 0 N–H and O–H groups in total. The van der Waals surface area contributed by atoms with Gasteiger partial charge in [-0.2, -0.15) is 0 Å². The van der Waals surface area contributed by atoms with Gasteiger partial charge in [0, 0.05) is 11.6 Å². The van der Waals surface area contributed by atoms with Crippen LogP contribution in [0.2, 0.25) is 0 Å². The van der Waals surface area contributed by atoms with Crippen molar-refractivity contribution in [3.8, 4) is 17.2 Å². The highest BCUT2D eigenvalue weighted by molar-refractivity contribution is 5.79. The van der Waals surface area contributed by atoms with E-state index in [1.54, 1.807) is 0 Å². The number of nitrogens with zero attached hydrogens (tertiary/aromatic N) is 1. The van der Waals surface area contributed by atoms with Crippen LogP contribution in [-0.4, -0.2) is 11.6 Å². The van der Waals surface area contributed by atoms with Gasteiger partial charge in [0.15, 0.2) is 5.58 Å². The topological polar surface area (TPSA) is 35.3 Å². The molecule has 0 bridgehead atoms. The number of ether oxygens (including phenoxy) is 1. The normalized spacial score (nSPS) is 15.6. The van der Waals surface area contributed by atoms with Gasteiger partial charge in [-0.3, -0.25) is 0 Å². The van der Waals surface area contributed by atoms with Gasteiger partial charge in [-0.05, 0) is 56.4 Å². The summed E-state index contributed by atoms with van der Waals surface area (Å²) in [6, 6.07) is 12.5. The van der Waals surface area contributed by atoms with Crippen molar-refractivity contribution in [1.29, 1.82) is 0 Å². The van der Waals surface area contributed by atoms with E-state index in [2.05, 4.69) is 37.3 Å². The molecule has 0 saturated heterocycles. The maximum Gasteiger partial charge on any atom is 0.227 e. The van der Waals surface area contributed by atoms with Crippen molar-refractivity contribution in [2.45, 2.75) is 51.9 Å². The molecule has 4 rings (SSSR count). The minimum absolute atomic E-state index is 0.583. The average molecular weight is 335 g/mol. The highest BCUT2D eigenvalue weighted by atomic mass is 16.5. The van der Waals surface area contributed by atoms with Crippen molar-refractivity contribution in [2.75, 3.05) is 6.61 Å². The van der Waals surface area contributed by atoms with Gasteiger partial charge in [-0.1, -0.05) is 37.0 Å². The third-order valence-corrected chi connectivity index (χ3v) is 5.16. The molecule has 0 unspecified atom stereocenters. The molecule has 1 aliphatic carbocycles. The Morgan fingerprint density at radius 2 is 1.84 bits per heavy atom. The second-order valence-electron chi connectivity index (χ2n) is 7.01. The second-order valence-corrected chi connectivity index (χ2v) is 7.01. The van der Waals surface area contributed by atoms with Crippen LogP contribution in [0.5, 0.6) is 5.75 Å². The van der Waals surface area contributed by atoms with Crippen molar-refractivity contribution in [3.63, 3.8) is 0 Å². The molecule has 0 spiro atoms. The maximum absolute atomic E-state index is 6.03. The standard InChI is InChI=1S/C22H25NO2/c1-3-24-20-14-21-19(13-18(20)16-7-5-4-6-8-16)23-22(25-21)17-11-9-15(2)10-12-17/h9-14,16H,3-8H2,1-2H3. The molecule has 25 heavy (non-hydrogen) atoms. The fourth-order valence-electron chi connectivity index (χ4n) is 3.80. The summed E-state index contributed by atoms with van der Waals surface area (Å²) < 4.78 is 12.0. The molecule has 1 aromatic heterocycles. The van der Waals surface area contributed by atoms with Crippen LogP contribution >= 0.6 is 0 Å². The molecule has 1 aliphatic rings. The minimum Gasteiger partial charge on any atom is -0.493 e. The largest absolute Gasteiger partial charge is 0.493 e. The summed E-state index contributed by atoms with van der Waals surface area (Å²) in [7, 11) is 0. The zero-order valence-corrected chi connectivity index (χ0v) is 15.0. The summed E-state index contributed by atoms with van der Waals surface area (Å²) in [5.74, 6) is 2.23. The van der Waals surface area contributed by atoms with E-state index < -0.39 is 0 Å². The number of oxazole rings is 1. The lowest BCUT2D eigenvalue weighted by molar-refractivity contribution is 0.328. The number of hydrogen-bond donors (Lipinski definition) is 0. The molecule has 1 heterocycles. The Morgan fingerprint density at radius 1 is 1.08 bits per heavy atom. The zero-order chi connectivity index (χ0) is 17.2. The van der Waals surface area contributed by atoms with Gasteiger partial charge < -0.3 is 9.15 Å². The molecule has 3 heteroatoms. The summed E-state index contributed by atoms with van der Waals surface area (Å²) in [6.45, 7) is 4.79. The van der Waals surface area contributed by atoms with Crippen LogP contribution in [0.1, 0.15) is 56.1 Å². The summed E-state index contributed by atoms with van der Waals surface area (Å²) in [5.41, 5.74) is 5.29. The van der Waals surface area contributed by atoms with Crippen LogP contribution in [0.3, 0.4) is 0 Å². The third-order valence-electron chi connectivity index (χ3n) is 5.16. The Hall–Kier alpha value is -2.29. The van der Waals surface area contributed by atoms with E-state index in [0.717, 1.165) is 22.4 Å². The first-order chi connectivity index (χ1) is 12.2. The molecular weight excluding hydrogens is 310 g/mol. The number of fused-ring (bicyclic) bond motifs is 1. The lowest BCUT2D eigenvalue weighted by Crippen LogP contribution is -2.07. The first-order valence-corrected chi connectivity index (χ1v) is 9.39. The highest BCUT2D eigenvalue weighted by Crippen LogP contribution is 2.40. The third kappa shape index (κ3) is 3.28. The van der Waals surface area contributed by atoms with E-state index in [1.165, 1.54) is 43.2 Å². The molecule has 0 amide bonds. The maximum atomic E-state index is 6.03. The Balaban J connectivity index is 1.77. The van der Waals surface area contributed by atoms with Crippen molar-refractivity contribution < 1.29 is 9.15 Å². The van der Waals surface area contributed by atoms with Gasteiger partial charge in [0.2, 0.25) is 5.89 Å². The monoisotopic (exact) mass is 335 g/mol. The SMILES string of the molecule is CCOc1cc2oc(-c3ccc(C)cc3)nc2cc1C1CCCCC1. The van der Waals surface area contributed by atoms with Crippen LogP contribution in [0.15, 0.2) is 40.8 Å². The van der Waals surface area contributed by atoms with E-state index >= 15 is 0 Å². The first kappa shape index (κ1) is 16.2. The van der Waals surface area contributed by atoms with Crippen LogP contribution < -0.4 is 4.74 Å². The Kier molecular flexibility index (Phi) is 4.48. The molecule has 0 atom stereocenters. The molecule has 1 fully saturated rings. The number of aromatic nitrogens is 1. The van der Waals surface area contributed by atoms with Gasteiger partial charge in [0.05, 0.1) is 6.61 Å². The summed E-state index contributed by atoms with van der Waals surface area (Å²) in [5, 5.41) is 0. The summed E-state index contributed by atoms with van der Waals surface area (Å²) in [6.07, 6.45) is 6.45. The zero-order valence-electron chi connectivity index (χ0n) is 15.0. The van der Waals surface area contributed by atoms with Crippen molar-refractivity contribution in [3.05, 3.63) is 47.5 Å². The van der Waals surface area contributed by atoms with E-state index in [0.29, 0.717) is 18.4 Å². The lowest BCUT2D eigenvalue weighted by Gasteiger charge is -2.24. The second kappa shape index (κ2) is 6.91. The predicted molar refractivity (Wildman–Crippen MR) is 101 cm³/mol. The first-order valence-electron chi connectivity index (χ1n) is 9.39. The van der Waals surface area contributed by atoms with Gasteiger partial charge >= 0.3 is 0 Å². The lowest BCUT2D eigenvalue weighted by atomic mass is 9.83. The molecule has 130 valence electrons. The van der Waals surface area contributed by atoms with Crippen LogP contribution in [-0.2, 0) is 0 Å². The molecule has 0 radical (unpaired) electrons. The van der Waals surface area contributed by atoms with Gasteiger partial charge in [0.1, 0.15) is 11.3 Å². The fraction of sp³-hybridized carbons (Fsp3) is 0.409. The van der Waals surface area contributed by atoms with E-state index in [9.17, 15) is 0 Å². The van der Waals surface area contributed by atoms with Crippen molar-refractivity contribution in [1.82, 2.24) is 4.98 Å². The molecule has 3 nitrogen and oxygen atoms in total. The molecule has 1 saturated carbocycles. The minimum atomic E-state index is 0.583. The average Bonchev–Trinajstić information content (AvgIpc) is 3.05. The number of benzene rings is 2. The Morgan fingerprint density at radius 3 is 2.56 bits per heavy atom. The number of rotatable bonds is 4.